The van der Waals surface area contributed by atoms with E-state index in [1.54, 1.807) is 23.1 Å². The summed E-state index contributed by atoms with van der Waals surface area (Å²) in [5.41, 5.74) is 2.57. The Balaban J connectivity index is 1.50. The predicted molar refractivity (Wildman–Crippen MR) is 127 cm³/mol. The maximum Gasteiger partial charge on any atom is 0.264 e. The van der Waals surface area contributed by atoms with Crippen LogP contribution in [0.15, 0.2) is 66.0 Å². The van der Waals surface area contributed by atoms with Gasteiger partial charge in [-0.15, -0.1) is 11.3 Å². The van der Waals surface area contributed by atoms with Crippen molar-refractivity contribution in [2.75, 3.05) is 17.2 Å². The molecular weight excluding hydrogens is 422 g/mol. The van der Waals surface area contributed by atoms with Crippen molar-refractivity contribution >= 4 is 40.4 Å². The van der Waals surface area contributed by atoms with Crippen LogP contribution < -0.4 is 10.6 Å². The quantitative estimate of drug-likeness (QED) is 0.581. The van der Waals surface area contributed by atoms with Crippen molar-refractivity contribution in [3.8, 4) is 0 Å². The third-order valence-corrected chi connectivity index (χ3v) is 6.45. The number of para-hydroxylation sites is 1. The highest BCUT2D eigenvalue weighted by atomic mass is 32.1. The first-order valence-electron chi connectivity index (χ1n) is 10.7. The van der Waals surface area contributed by atoms with Gasteiger partial charge in [0.25, 0.3) is 11.8 Å². The highest BCUT2D eigenvalue weighted by Gasteiger charge is 2.33. The minimum atomic E-state index is -0.528. The van der Waals surface area contributed by atoms with Gasteiger partial charge in [0, 0.05) is 23.5 Å². The average Bonchev–Trinajstić information content (AvgIpc) is 3.35. The number of carbonyl (C=O) groups is 3. The van der Waals surface area contributed by atoms with Crippen molar-refractivity contribution in [1.82, 2.24) is 4.90 Å². The number of hydrogen-bond acceptors (Lipinski definition) is 4. The first-order chi connectivity index (χ1) is 15.5. The number of piperidine rings is 1. The number of hydrogen-bond donors (Lipinski definition) is 2. The van der Waals surface area contributed by atoms with Crippen LogP contribution >= 0.6 is 11.3 Å². The summed E-state index contributed by atoms with van der Waals surface area (Å²) in [6.07, 6.45) is 2.40. The Morgan fingerprint density at radius 1 is 0.969 bits per heavy atom. The molecule has 0 radical (unpaired) electrons. The Hall–Kier alpha value is -3.45. The van der Waals surface area contributed by atoms with E-state index >= 15 is 0 Å². The Labute approximate surface area is 191 Å². The highest BCUT2D eigenvalue weighted by Crippen LogP contribution is 2.24. The fourth-order valence-electron chi connectivity index (χ4n) is 3.83. The maximum absolute atomic E-state index is 13.2. The van der Waals surface area contributed by atoms with E-state index in [1.165, 1.54) is 11.3 Å². The van der Waals surface area contributed by atoms with Crippen LogP contribution in [-0.4, -0.2) is 35.2 Å². The molecule has 0 aliphatic carbocycles. The van der Waals surface area contributed by atoms with Crippen LogP contribution in [0.2, 0.25) is 0 Å². The second-order valence-corrected chi connectivity index (χ2v) is 8.77. The van der Waals surface area contributed by atoms with Crippen LogP contribution in [0.3, 0.4) is 0 Å². The van der Waals surface area contributed by atoms with Gasteiger partial charge in [0.05, 0.1) is 4.88 Å². The standard InChI is InChI=1S/C25H25N3O3S/c1-17-12-13-18(23(29)26-19-8-3-2-4-9-19)16-20(17)27-24(30)21-10-5-6-14-28(21)25(31)22-11-7-15-32-22/h2-4,7-9,11-13,15-16,21H,5-6,10,14H2,1H3,(H,26,29)(H,27,30). The monoisotopic (exact) mass is 447 g/mol. The van der Waals surface area contributed by atoms with Crippen molar-refractivity contribution in [3.63, 3.8) is 0 Å². The Morgan fingerprint density at radius 3 is 2.53 bits per heavy atom. The number of nitrogens with zero attached hydrogens (tertiary/aromatic N) is 1. The van der Waals surface area contributed by atoms with Crippen molar-refractivity contribution in [1.29, 1.82) is 0 Å². The number of benzene rings is 2. The average molecular weight is 448 g/mol. The van der Waals surface area contributed by atoms with Crippen LogP contribution in [0.5, 0.6) is 0 Å². The topological polar surface area (TPSA) is 78.5 Å². The van der Waals surface area contributed by atoms with E-state index < -0.39 is 6.04 Å². The molecule has 0 bridgehead atoms. The second-order valence-electron chi connectivity index (χ2n) is 7.83. The first-order valence-corrected chi connectivity index (χ1v) is 11.5. The number of thiophene rings is 1. The summed E-state index contributed by atoms with van der Waals surface area (Å²) < 4.78 is 0. The number of rotatable bonds is 5. The van der Waals surface area contributed by atoms with Crippen molar-refractivity contribution in [2.45, 2.75) is 32.2 Å². The molecule has 3 aromatic rings. The third kappa shape index (κ3) is 4.89. The van der Waals surface area contributed by atoms with Crippen LogP contribution in [0.4, 0.5) is 11.4 Å². The summed E-state index contributed by atoms with van der Waals surface area (Å²) in [7, 11) is 0. The number of carbonyl (C=O) groups excluding carboxylic acids is 3. The SMILES string of the molecule is Cc1ccc(C(=O)Nc2ccccc2)cc1NC(=O)C1CCCCN1C(=O)c1cccs1. The summed E-state index contributed by atoms with van der Waals surface area (Å²) in [4.78, 5) is 41.1. The lowest BCUT2D eigenvalue weighted by molar-refractivity contribution is -0.121. The lowest BCUT2D eigenvalue weighted by Crippen LogP contribution is -2.49. The van der Waals surface area contributed by atoms with Crippen molar-refractivity contribution < 1.29 is 14.4 Å². The van der Waals surface area contributed by atoms with Crippen LogP contribution in [0.25, 0.3) is 0 Å². The highest BCUT2D eigenvalue weighted by molar-refractivity contribution is 7.12. The van der Waals surface area contributed by atoms with Gasteiger partial charge in [0.15, 0.2) is 0 Å². The first kappa shape index (κ1) is 21.8. The van der Waals surface area contributed by atoms with Gasteiger partial charge in [-0.05, 0) is 67.5 Å². The van der Waals surface area contributed by atoms with Gasteiger partial charge in [-0.1, -0.05) is 30.3 Å². The number of likely N-dealkylation sites (tertiary alicyclic amines) is 1. The lowest BCUT2D eigenvalue weighted by atomic mass is 10.0. The second kappa shape index (κ2) is 9.78. The molecule has 0 saturated carbocycles. The fourth-order valence-corrected chi connectivity index (χ4v) is 4.51. The molecule has 4 rings (SSSR count). The van der Waals surface area contributed by atoms with E-state index in [1.807, 2.05) is 54.8 Å². The van der Waals surface area contributed by atoms with Crippen LogP contribution in [0.1, 0.15) is 44.9 Å². The zero-order chi connectivity index (χ0) is 22.5. The molecule has 7 heteroatoms. The lowest BCUT2D eigenvalue weighted by Gasteiger charge is -2.34. The summed E-state index contributed by atoms with van der Waals surface area (Å²) in [5.74, 6) is -0.579. The predicted octanol–water partition coefficient (Wildman–Crippen LogP) is 4.94. The largest absolute Gasteiger partial charge is 0.326 e. The molecule has 1 aliphatic heterocycles. The van der Waals surface area contributed by atoms with E-state index in [4.69, 9.17) is 0 Å². The van der Waals surface area contributed by atoms with E-state index in [-0.39, 0.29) is 17.7 Å². The van der Waals surface area contributed by atoms with E-state index in [9.17, 15) is 14.4 Å². The van der Waals surface area contributed by atoms with Gasteiger partial charge in [-0.2, -0.15) is 0 Å². The molecule has 1 unspecified atom stereocenters. The molecule has 164 valence electrons. The van der Waals surface area contributed by atoms with Crippen LogP contribution in [-0.2, 0) is 4.79 Å². The van der Waals surface area contributed by atoms with E-state index in [2.05, 4.69) is 10.6 Å². The van der Waals surface area contributed by atoms with E-state index in [0.717, 1.165) is 18.4 Å². The minimum absolute atomic E-state index is 0.104. The summed E-state index contributed by atoms with van der Waals surface area (Å²) in [5, 5.41) is 7.68. The molecule has 2 heterocycles. The molecule has 2 N–H and O–H groups in total. The molecule has 32 heavy (non-hydrogen) atoms. The molecule has 2 aromatic carbocycles. The van der Waals surface area contributed by atoms with Gasteiger partial charge in [-0.3, -0.25) is 14.4 Å². The van der Waals surface area contributed by atoms with Gasteiger partial charge < -0.3 is 15.5 Å². The number of anilines is 2. The fraction of sp³-hybridized carbons (Fsp3) is 0.240. The normalized spacial score (nSPS) is 15.8. The summed E-state index contributed by atoms with van der Waals surface area (Å²) >= 11 is 1.38. The minimum Gasteiger partial charge on any atom is -0.326 e. The number of aryl methyl sites for hydroxylation is 1. The zero-order valence-corrected chi connectivity index (χ0v) is 18.7. The number of amides is 3. The third-order valence-electron chi connectivity index (χ3n) is 5.59. The Bertz CT molecular complexity index is 1110. The van der Waals surface area contributed by atoms with E-state index in [0.29, 0.717) is 34.8 Å². The summed E-state index contributed by atoms with van der Waals surface area (Å²) in [6.45, 7) is 2.44. The summed E-state index contributed by atoms with van der Waals surface area (Å²) in [6, 6.07) is 17.5. The van der Waals surface area contributed by atoms with Gasteiger partial charge in [-0.25, -0.2) is 0 Å². The smallest absolute Gasteiger partial charge is 0.264 e. The molecular formula is C25H25N3O3S. The molecule has 1 aliphatic rings. The number of nitrogens with one attached hydrogen (secondary N) is 2. The molecule has 3 amide bonds. The molecule has 1 atom stereocenters. The maximum atomic E-state index is 13.2. The molecule has 6 nitrogen and oxygen atoms in total. The van der Waals surface area contributed by atoms with Gasteiger partial charge in [0.1, 0.15) is 6.04 Å². The zero-order valence-electron chi connectivity index (χ0n) is 17.8. The van der Waals surface area contributed by atoms with Crippen LogP contribution in [0, 0.1) is 6.92 Å². The van der Waals surface area contributed by atoms with Gasteiger partial charge in [0.2, 0.25) is 5.91 Å². The Kier molecular flexibility index (Phi) is 6.66. The molecule has 1 fully saturated rings. The van der Waals surface area contributed by atoms with Crippen molar-refractivity contribution in [2.24, 2.45) is 0 Å². The van der Waals surface area contributed by atoms with Crippen molar-refractivity contribution in [3.05, 3.63) is 82.0 Å². The molecule has 1 aromatic heterocycles. The van der Waals surface area contributed by atoms with Gasteiger partial charge >= 0.3 is 0 Å². The molecule has 1 saturated heterocycles. The molecule has 0 spiro atoms. The Morgan fingerprint density at radius 2 is 1.78 bits per heavy atom.